The average Bonchev–Trinajstić information content (AvgIpc) is 2.91. The van der Waals surface area contributed by atoms with E-state index >= 15 is 0 Å². The van der Waals surface area contributed by atoms with Crippen molar-refractivity contribution in [2.24, 2.45) is 5.73 Å². The van der Waals surface area contributed by atoms with E-state index in [0.717, 1.165) is 22.0 Å². The molecule has 0 atom stereocenters. The van der Waals surface area contributed by atoms with Crippen molar-refractivity contribution in [1.29, 1.82) is 0 Å². The number of nitrogens with two attached hydrogens (primary N) is 1. The lowest BCUT2D eigenvalue weighted by Crippen LogP contribution is -2.17. The molecule has 1 heterocycles. The summed E-state index contributed by atoms with van der Waals surface area (Å²) in [6.07, 6.45) is 0. The van der Waals surface area contributed by atoms with Crippen LogP contribution in [0, 0.1) is 6.92 Å². The summed E-state index contributed by atoms with van der Waals surface area (Å²) < 4.78 is 4.70. The molecule has 1 aromatic heterocycles. The molecule has 0 saturated heterocycles. The van der Waals surface area contributed by atoms with E-state index in [9.17, 15) is 14.4 Å². The Morgan fingerprint density at radius 2 is 2.04 bits per heavy atom. The first-order chi connectivity index (χ1) is 11.9. The van der Waals surface area contributed by atoms with Crippen LogP contribution < -0.4 is 11.1 Å². The summed E-state index contributed by atoms with van der Waals surface area (Å²) in [6, 6.07) is 7.17. The predicted octanol–water partition coefficient (Wildman–Crippen LogP) is 3.31. The Morgan fingerprint density at radius 1 is 1.32 bits per heavy atom. The van der Waals surface area contributed by atoms with E-state index in [2.05, 4.69) is 5.32 Å². The van der Waals surface area contributed by atoms with Crippen molar-refractivity contribution in [1.82, 2.24) is 0 Å². The highest BCUT2D eigenvalue weighted by Gasteiger charge is 2.25. The maximum Gasteiger partial charge on any atom is 0.348 e. The Morgan fingerprint density at radius 3 is 2.64 bits per heavy atom. The number of amides is 2. The number of hydrogen-bond donors (Lipinski definition) is 2. The molecule has 6 nitrogen and oxygen atoms in total. The van der Waals surface area contributed by atoms with Crippen LogP contribution in [0.15, 0.2) is 29.2 Å². The minimum atomic E-state index is -0.713. The molecule has 0 spiro atoms. The molecule has 0 saturated carbocycles. The molecule has 0 radical (unpaired) electrons. The fourth-order valence-electron chi connectivity index (χ4n) is 2.25. The fraction of sp³-hybridized carbons (Fsp3) is 0.235. The molecule has 25 heavy (non-hydrogen) atoms. The molecule has 2 amide bonds. The van der Waals surface area contributed by atoms with E-state index in [1.807, 2.05) is 13.0 Å². The molecule has 8 heteroatoms. The lowest BCUT2D eigenvalue weighted by molar-refractivity contribution is 0.0605. The van der Waals surface area contributed by atoms with Crippen molar-refractivity contribution < 1.29 is 19.1 Å². The monoisotopic (exact) mass is 378 g/mol. The maximum atomic E-state index is 12.5. The molecule has 2 rings (SSSR count). The van der Waals surface area contributed by atoms with Crippen molar-refractivity contribution in [2.75, 3.05) is 18.2 Å². The second-order valence-electron chi connectivity index (χ2n) is 5.03. The zero-order valence-electron chi connectivity index (χ0n) is 14.0. The average molecular weight is 378 g/mol. The third kappa shape index (κ3) is 4.21. The predicted molar refractivity (Wildman–Crippen MR) is 99.7 cm³/mol. The molecule has 3 N–H and O–H groups in total. The van der Waals surface area contributed by atoms with Crippen molar-refractivity contribution in [3.63, 3.8) is 0 Å². The SMILES string of the molecule is CCSc1cccc(C(=O)Nc2sc(C(=O)OC)c(C)c2C(N)=O)c1. The van der Waals surface area contributed by atoms with Crippen LogP contribution in [-0.2, 0) is 4.74 Å². The van der Waals surface area contributed by atoms with Gasteiger partial charge in [0.25, 0.3) is 11.8 Å². The number of benzene rings is 1. The van der Waals surface area contributed by atoms with Crippen LogP contribution in [0.2, 0.25) is 0 Å². The van der Waals surface area contributed by atoms with E-state index in [4.69, 9.17) is 10.5 Å². The molecule has 0 fully saturated rings. The molecule has 0 aliphatic carbocycles. The van der Waals surface area contributed by atoms with Gasteiger partial charge in [-0.1, -0.05) is 13.0 Å². The number of anilines is 1. The van der Waals surface area contributed by atoms with Gasteiger partial charge in [-0.2, -0.15) is 0 Å². The van der Waals surface area contributed by atoms with Gasteiger partial charge in [-0.05, 0) is 36.4 Å². The Hall–Kier alpha value is -2.32. The minimum Gasteiger partial charge on any atom is -0.465 e. The van der Waals surface area contributed by atoms with Gasteiger partial charge in [-0.15, -0.1) is 23.1 Å². The fourth-order valence-corrected chi connectivity index (χ4v) is 4.10. The number of esters is 1. The smallest absolute Gasteiger partial charge is 0.348 e. The standard InChI is InChI=1S/C17H18N2O4S2/c1-4-24-11-7-5-6-10(8-11)15(21)19-16-12(14(18)20)9(2)13(25-16)17(22)23-3/h5-8H,4H2,1-3H3,(H2,18,20)(H,19,21). The van der Waals surface area contributed by atoms with Crippen LogP contribution >= 0.6 is 23.1 Å². The lowest BCUT2D eigenvalue weighted by Gasteiger charge is -2.06. The zero-order chi connectivity index (χ0) is 18.6. The molecule has 132 valence electrons. The maximum absolute atomic E-state index is 12.5. The van der Waals surface area contributed by atoms with Gasteiger partial charge < -0.3 is 15.8 Å². The summed E-state index contributed by atoms with van der Waals surface area (Å²) in [4.78, 5) is 37.3. The molecular weight excluding hydrogens is 360 g/mol. The Kier molecular flexibility index (Phi) is 6.22. The first-order valence-electron chi connectivity index (χ1n) is 7.44. The number of thiophene rings is 1. The second-order valence-corrected chi connectivity index (χ2v) is 7.39. The third-order valence-electron chi connectivity index (χ3n) is 3.40. The van der Waals surface area contributed by atoms with E-state index in [1.54, 1.807) is 36.9 Å². The largest absolute Gasteiger partial charge is 0.465 e. The Balaban J connectivity index is 2.36. The first kappa shape index (κ1) is 19.0. The summed E-state index contributed by atoms with van der Waals surface area (Å²) in [5.74, 6) is -0.774. The number of ether oxygens (including phenoxy) is 1. The van der Waals surface area contributed by atoms with Crippen molar-refractivity contribution in [3.05, 3.63) is 45.8 Å². The Labute approximate surface area is 153 Å². The van der Waals surface area contributed by atoms with Gasteiger partial charge in [0.15, 0.2) is 0 Å². The van der Waals surface area contributed by atoms with Gasteiger partial charge >= 0.3 is 5.97 Å². The molecule has 0 aliphatic rings. The van der Waals surface area contributed by atoms with Gasteiger partial charge in [0.05, 0.1) is 12.7 Å². The zero-order valence-corrected chi connectivity index (χ0v) is 15.7. The second kappa shape index (κ2) is 8.17. The van der Waals surface area contributed by atoms with Gasteiger partial charge in [-0.3, -0.25) is 9.59 Å². The number of carbonyl (C=O) groups excluding carboxylic acids is 3. The van der Waals surface area contributed by atoms with Gasteiger partial charge in [0, 0.05) is 10.5 Å². The van der Waals surface area contributed by atoms with Crippen LogP contribution in [0.25, 0.3) is 0 Å². The summed E-state index contributed by atoms with van der Waals surface area (Å²) >= 11 is 2.59. The topological polar surface area (TPSA) is 98.5 Å². The number of nitrogens with one attached hydrogen (secondary N) is 1. The summed E-state index contributed by atoms with van der Waals surface area (Å²) in [5, 5.41) is 2.92. The van der Waals surface area contributed by atoms with Crippen LogP contribution in [0.4, 0.5) is 5.00 Å². The number of methoxy groups -OCH3 is 1. The number of primary amides is 1. The van der Waals surface area contributed by atoms with E-state index in [0.29, 0.717) is 11.1 Å². The Bertz CT molecular complexity index is 830. The van der Waals surface area contributed by atoms with Crippen LogP contribution in [-0.4, -0.2) is 30.6 Å². The molecule has 1 aromatic carbocycles. The van der Waals surface area contributed by atoms with Gasteiger partial charge in [0.1, 0.15) is 9.88 Å². The van der Waals surface area contributed by atoms with E-state index in [1.165, 1.54) is 7.11 Å². The van der Waals surface area contributed by atoms with Crippen LogP contribution in [0.1, 0.15) is 42.9 Å². The van der Waals surface area contributed by atoms with E-state index in [-0.39, 0.29) is 21.3 Å². The van der Waals surface area contributed by atoms with Gasteiger partial charge in [-0.25, -0.2) is 4.79 Å². The summed E-state index contributed by atoms with van der Waals surface area (Å²) in [7, 11) is 1.25. The molecule has 0 unspecified atom stereocenters. The molecule has 2 aromatic rings. The lowest BCUT2D eigenvalue weighted by atomic mass is 10.1. The highest BCUT2D eigenvalue weighted by molar-refractivity contribution is 7.99. The van der Waals surface area contributed by atoms with Crippen molar-refractivity contribution >= 4 is 45.9 Å². The molecular formula is C17H18N2O4S2. The van der Waals surface area contributed by atoms with Crippen molar-refractivity contribution in [3.8, 4) is 0 Å². The highest BCUT2D eigenvalue weighted by Crippen LogP contribution is 2.33. The number of hydrogen-bond acceptors (Lipinski definition) is 6. The number of carbonyl (C=O) groups is 3. The minimum absolute atomic E-state index is 0.123. The van der Waals surface area contributed by atoms with Gasteiger partial charge in [0.2, 0.25) is 0 Å². The van der Waals surface area contributed by atoms with Crippen LogP contribution in [0.5, 0.6) is 0 Å². The quantitative estimate of drug-likeness (QED) is 0.593. The number of thioether (sulfide) groups is 1. The summed E-state index contributed by atoms with van der Waals surface area (Å²) in [6.45, 7) is 3.62. The van der Waals surface area contributed by atoms with Crippen LogP contribution in [0.3, 0.4) is 0 Å². The van der Waals surface area contributed by atoms with E-state index < -0.39 is 11.9 Å². The highest BCUT2D eigenvalue weighted by atomic mass is 32.2. The first-order valence-corrected chi connectivity index (χ1v) is 9.25. The summed E-state index contributed by atoms with van der Waals surface area (Å²) in [5.41, 5.74) is 6.39. The molecule has 0 bridgehead atoms. The number of rotatable bonds is 6. The third-order valence-corrected chi connectivity index (χ3v) is 5.46. The van der Waals surface area contributed by atoms with Crippen molar-refractivity contribution in [2.45, 2.75) is 18.7 Å². The molecule has 0 aliphatic heterocycles. The normalized spacial score (nSPS) is 10.4.